The summed E-state index contributed by atoms with van der Waals surface area (Å²) in [6, 6.07) is 5.19. The average molecular weight is 336 g/mol. The highest BCUT2D eigenvalue weighted by atomic mass is 35.5. The minimum absolute atomic E-state index is 0.0589. The van der Waals surface area contributed by atoms with Crippen LogP contribution in [0.25, 0.3) is 0 Å². The molecule has 0 amide bonds. The Morgan fingerprint density at radius 2 is 2.39 bits per heavy atom. The number of ether oxygens (including phenoxy) is 1. The Kier molecular flexibility index (Phi) is 4.93. The smallest absolute Gasteiger partial charge is 0.227 e. The summed E-state index contributed by atoms with van der Waals surface area (Å²) in [7, 11) is 1.56. The highest BCUT2D eigenvalue weighted by Gasteiger charge is 2.22. The van der Waals surface area contributed by atoms with E-state index < -0.39 is 0 Å². The second kappa shape index (κ2) is 7.10. The summed E-state index contributed by atoms with van der Waals surface area (Å²) in [6.45, 7) is 0.975. The first-order valence-corrected chi connectivity index (χ1v) is 7.98. The van der Waals surface area contributed by atoms with E-state index in [-0.39, 0.29) is 18.2 Å². The molecule has 1 aromatic heterocycles. The summed E-state index contributed by atoms with van der Waals surface area (Å²) in [5.41, 5.74) is 0.477. The lowest BCUT2D eigenvalue weighted by molar-refractivity contribution is 0.0980. The van der Waals surface area contributed by atoms with Crippen LogP contribution < -0.4 is 10.1 Å². The number of nitrogens with zero attached hydrogens (tertiary/aromatic N) is 2. The van der Waals surface area contributed by atoms with E-state index in [0.29, 0.717) is 34.5 Å². The second-order valence-electron chi connectivity index (χ2n) is 5.46. The van der Waals surface area contributed by atoms with Crippen molar-refractivity contribution in [1.82, 2.24) is 15.5 Å². The maximum absolute atomic E-state index is 12.3. The van der Waals surface area contributed by atoms with Crippen LogP contribution >= 0.6 is 11.6 Å². The molecule has 1 fully saturated rings. The molecule has 1 aromatic carbocycles. The van der Waals surface area contributed by atoms with E-state index in [0.717, 1.165) is 19.4 Å². The predicted octanol–water partition coefficient (Wildman–Crippen LogP) is 2.97. The minimum atomic E-state index is -0.0589. The number of aryl methyl sites for hydroxylation is 1. The van der Waals surface area contributed by atoms with Gasteiger partial charge in [0.15, 0.2) is 11.6 Å². The molecular formula is C16H18ClN3O3. The third-order valence-corrected chi connectivity index (χ3v) is 4.21. The van der Waals surface area contributed by atoms with Crippen molar-refractivity contribution in [2.75, 3.05) is 13.7 Å². The molecule has 1 aliphatic heterocycles. The van der Waals surface area contributed by atoms with Gasteiger partial charge in [-0.1, -0.05) is 16.8 Å². The number of methoxy groups -OCH3 is 1. The van der Waals surface area contributed by atoms with Crippen LogP contribution in [0.5, 0.6) is 5.75 Å². The van der Waals surface area contributed by atoms with Crippen molar-refractivity contribution in [3.8, 4) is 5.75 Å². The van der Waals surface area contributed by atoms with Crippen molar-refractivity contribution < 1.29 is 14.1 Å². The maximum atomic E-state index is 12.3. The van der Waals surface area contributed by atoms with Crippen molar-refractivity contribution in [2.45, 2.75) is 31.7 Å². The zero-order valence-electron chi connectivity index (χ0n) is 12.8. The van der Waals surface area contributed by atoms with E-state index in [1.54, 1.807) is 25.3 Å². The van der Waals surface area contributed by atoms with E-state index >= 15 is 0 Å². The van der Waals surface area contributed by atoms with Crippen LogP contribution in [0, 0.1) is 0 Å². The number of ketones is 1. The standard InChI is InChI=1S/C16H18ClN3O3/c1-22-10-4-5-11(12(17)9-10)14(21)6-7-15-19-16(20-23-15)13-3-2-8-18-13/h4-5,9,13,18H,2-3,6-8H2,1H3/t13-/m0/s1. The third-order valence-electron chi connectivity index (χ3n) is 3.90. The van der Waals surface area contributed by atoms with Gasteiger partial charge in [-0.15, -0.1) is 0 Å². The summed E-state index contributed by atoms with van der Waals surface area (Å²) in [5.74, 6) is 1.72. The van der Waals surface area contributed by atoms with Gasteiger partial charge >= 0.3 is 0 Å². The van der Waals surface area contributed by atoms with Crippen molar-refractivity contribution >= 4 is 17.4 Å². The normalized spacial score (nSPS) is 17.4. The molecule has 0 aliphatic carbocycles. The highest BCUT2D eigenvalue weighted by Crippen LogP contribution is 2.24. The molecule has 2 aromatic rings. The number of Topliss-reactive ketones (excluding diaryl/α,β-unsaturated/α-hetero) is 1. The zero-order chi connectivity index (χ0) is 16.2. The van der Waals surface area contributed by atoms with Crippen molar-refractivity contribution in [3.05, 3.63) is 40.5 Å². The van der Waals surface area contributed by atoms with Crippen LogP contribution in [0.3, 0.4) is 0 Å². The van der Waals surface area contributed by atoms with Crippen LogP contribution in [0.1, 0.15) is 47.4 Å². The van der Waals surface area contributed by atoms with Gasteiger partial charge < -0.3 is 14.6 Å². The summed E-state index contributed by atoms with van der Waals surface area (Å²) >= 11 is 6.11. The molecule has 122 valence electrons. The van der Waals surface area contributed by atoms with Crippen LogP contribution in [-0.2, 0) is 6.42 Å². The van der Waals surface area contributed by atoms with Gasteiger partial charge in [-0.25, -0.2) is 0 Å². The van der Waals surface area contributed by atoms with Crippen LogP contribution in [-0.4, -0.2) is 29.6 Å². The van der Waals surface area contributed by atoms with Crippen molar-refractivity contribution in [2.24, 2.45) is 0 Å². The minimum Gasteiger partial charge on any atom is -0.497 e. The van der Waals surface area contributed by atoms with Crippen LogP contribution in [0.15, 0.2) is 22.7 Å². The quantitative estimate of drug-likeness (QED) is 0.818. The molecular weight excluding hydrogens is 318 g/mol. The number of carbonyl (C=O) groups excluding carboxylic acids is 1. The molecule has 1 saturated heterocycles. The van der Waals surface area contributed by atoms with Gasteiger partial charge in [0.2, 0.25) is 5.89 Å². The molecule has 0 unspecified atom stereocenters. The molecule has 3 rings (SSSR count). The van der Waals surface area contributed by atoms with E-state index in [1.165, 1.54) is 0 Å². The fourth-order valence-corrected chi connectivity index (χ4v) is 2.90. The molecule has 7 heteroatoms. The number of nitrogens with one attached hydrogen (secondary N) is 1. The predicted molar refractivity (Wildman–Crippen MR) is 84.9 cm³/mol. The topological polar surface area (TPSA) is 77.2 Å². The van der Waals surface area contributed by atoms with Crippen molar-refractivity contribution in [3.63, 3.8) is 0 Å². The number of halogens is 1. The lowest BCUT2D eigenvalue weighted by Gasteiger charge is -2.05. The van der Waals surface area contributed by atoms with Crippen LogP contribution in [0.4, 0.5) is 0 Å². The molecule has 0 saturated carbocycles. The number of carbonyl (C=O) groups is 1. The van der Waals surface area contributed by atoms with Gasteiger partial charge in [0.05, 0.1) is 18.2 Å². The number of benzene rings is 1. The van der Waals surface area contributed by atoms with E-state index in [1.807, 2.05) is 0 Å². The van der Waals surface area contributed by atoms with E-state index in [2.05, 4.69) is 15.5 Å². The number of hydrogen-bond donors (Lipinski definition) is 1. The highest BCUT2D eigenvalue weighted by molar-refractivity contribution is 6.34. The molecule has 2 heterocycles. The molecule has 6 nitrogen and oxygen atoms in total. The Labute approximate surface area is 139 Å². The first-order chi connectivity index (χ1) is 11.2. The summed E-state index contributed by atoms with van der Waals surface area (Å²) < 4.78 is 10.3. The van der Waals surface area contributed by atoms with Crippen molar-refractivity contribution in [1.29, 1.82) is 0 Å². The Bertz CT molecular complexity index is 696. The molecule has 23 heavy (non-hydrogen) atoms. The van der Waals surface area contributed by atoms with Gasteiger partial charge in [0, 0.05) is 18.4 Å². The Morgan fingerprint density at radius 3 is 3.09 bits per heavy atom. The SMILES string of the molecule is COc1ccc(C(=O)CCc2nc([C@@H]3CCCN3)no2)c(Cl)c1. The number of aromatic nitrogens is 2. The molecule has 0 bridgehead atoms. The Hall–Kier alpha value is -1.92. The molecule has 0 radical (unpaired) electrons. The summed E-state index contributed by atoms with van der Waals surface area (Å²) in [4.78, 5) is 16.6. The molecule has 1 atom stereocenters. The number of rotatable bonds is 6. The maximum Gasteiger partial charge on any atom is 0.227 e. The fourth-order valence-electron chi connectivity index (χ4n) is 2.62. The van der Waals surface area contributed by atoms with E-state index in [4.69, 9.17) is 20.9 Å². The lowest BCUT2D eigenvalue weighted by atomic mass is 10.1. The average Bonchev–Trinajstić information content (AvgIpc) is 3.23. The Balaban J connectivity index is 1.60. The first-order valence-electron chi connectivity index (χ1n) is 7.60. The largest absolute Gasteiger partial charge is 0.497 e. The Morgan fingerprint density at radius 1 is 1.52 bits per heavy atom. The summed E-state index contributed by atoms with van der Waals surface area (Å²) in [5, 5.41) is 7.69. The molecule has 1 N–H and O–H groups in total. The van der Waals surface area contributed by atoms with Gasteiger partial charge in [0.1, 0.15) is 5.75 Å². The molecule has 0 spiro atoms. The van der Waals surface area contributed by atoms with Gasteiger partial charge in [0.25, 0.3) is 0 Å². The molecule has 1 aliphatic rings. The fraction of sp³-hybridized carbons (Fsp3) is 0.438. The third kappa shape index (κ3) is 3.71. The van der Waals surface area contributed by atoms with Crippen LogP contribution in [0.2, 0.25) is 5.02 Å². The summed E-state index contributed by atoms with van der Waals surface area (Å²) in [6.07, 6.45) is 2.80. The van der Waals surface area contributed by atoms with Gasteiger partial charge in [-0.05, 0) is 37.6 Å². The van der Waals surface area contributed by atoms with Gasteiger partial charge in [-0.2, -0.15) is 4.98 Å². The lowest BCUT2D eigenvalue weighted by Crippen LogP contribution is -2.14. The van der Waals surface area contributed by atoms with E-state index in [9.17, 15) is 4.79 Å². The zero-order valence-corrected chi connectivity index (χ0v) is 13.6. The second-order valence-corrected chi connectivity index (χ2v) is 5.87. The first kappa shape index (κ1) is 16.0. The number of hydrogen-bond acceptors (Lipinski definition) is 6. The monoisotopic (exact) mass is 335 g/mol. The van der Waals surface area contributed by atoms with Gasteiger partial charge in [-0.3, -0.25) is 4.79 Å².